The Morgan fingerprint density at radius 1 is 1.33 bits per heavy atom. The van der Waals surface area contributed by atoms with Crippen LogP contribution in [0.1, 0.15) is 30.0 Å². The summed E-state index contributed by atoms with van der Waals surface area (Å²) in [5.41, 5.74) is 4.71. The minimum atomic E-state index is -4.62. The van der Waals surface area contributed by atoms with E-state index in [2.05, 4.69) is 15.3 Å². The Morgan fingerprint density at radius 2 is 1.83 bits per heavy atom. The second kappa shape index (κ2) is 4.89. The Morgan fingerprint density at radius 3 is 2.22 bits per heavy atom. The molecule has 0 saturated heterocycles. The van der Waals surface area contributed by atoms with Crippen LogP contribution in [-0.2, 0) is 6.18 Å². The number of amides is 1. The van der Waals surface area contributed by atoms with Gasteiger partial charge in [0.15, 0.2) is 0 Å². The fraction of sp³-hybridized carbons (Fsp3) is 0.500. The van der Waals surface area contributed by atoms with Crippen LogP contribution in [0.3, 0.4) is 0 Å². The lowest BCUT2D eigenvalue weighted by atomic mass is 10.1. The SMILES string of the molecule is CC(C)(CN)NC(=O)c1cnc(C(F)(F)F)nc1. The molecule has 0 aliphatic rings. The molecule has 18 heavy (non-hydrogen) atoms. The zero-order chi connectivity index (χ0) is 14.0. The number of hydrogen-bond donors (Lipinski definition) is 2. The first-order valence-corrected chi connectivity index (χ1v) is 5.07. The Bertz CT molecular complexity index is 428. The van der Waals surface area contributed by atoms with E-state index in [0.29, 0.717) is 0 Å². The number of carbonyl (C=O) groups is 1. The maximum atomic E-state index is 12.2. The summed E-state index contributed by atoms with van der Waals surface area (Å²) >= 11 is 0. The number of hydrogen-bond acceptors (Lipinski definition) is 4. The van der Waals surface area contributed by atoms with Gasteiger partial charge in [0.2, 0.25) is 5.82 Å². The predicted molar refractivity (Wildman–Crippen MR) is 57.6 cm³/mol. The largest absolute Gasteiger partial charge is 0.451 e. The van der Waals surface area contributed by atoms with E-state index in [1.54, 1.807) is 13.8 Å². The highest BCUT2D eigenvalue weighted by Gasteiger charge is 2.34. The van der Waals surface area contributed by atoms with Crippen molar-refractivity contribution in [3.05, 3.63) is 23.8 Å². The molecule has 8 heteroatoms. The number of nitrogens with one attached hydrogen (secondary N) is 1. The van der Waals surface area contributed by atoms with Gasteiger partial charge < -0.3 is 11.1 Å². The van der Waals surface area contributed by atoms with E-state index in [1.807, 2.05) is 0 Å². The van der Waals surface area contributed by atoms with Gasteiger partial charge in [-0.25, -0.2) is 9.97 Å². The first-order valence-electron chi connectivity index (χ1n) is 5.07. The zero-order valence-corrected chi connectivity index (χ0v) is 9.88. The van der Waals surface area contributed by atoms with Crippen molar-refractivity contribution in [3.63, 3.8) is 0 Å². The van der Waals surface area contributed by atoms with Gasteiger partial charge in [0.05, 0.1) is 5.56 Å². The molecule has 0 fully saturated rings. The lowest BCUT2D eigenvalue weighted by molar-refractivity contribution is -0.145. The van der Waals surface area contributed by atoms with Crippen molar-refractivity contribution >= 4 is 5.91 Å². The molecule has 1 aromatic rings. The molecular formula is C10H13F3N4O. The molecule has 1 heterocycles. The van der Waals surface area contributed by atoms with Crippen LogP contribution in [0.4, 0.5) is 13.2 Å². The highest BCUT2D eigenvalue weighted by Crippen LogP contribution is 2.25. The average Bonchev–Trinajstić information content (AvgIpc) is 2.27. The van der Waals surface area contributed by atoms with Gasteiger partial charge in [0, 0.05) is 24.5 Å². The van der Waals surface area contributed by atoms with E-state index in [-0.39, 0.29) is 12.1 Å². The standard InChI is InChI=1S/C10H13F3N4O/c1-9(2,5-14)17-7(18)6-3-15-8(16-4-6)10(11,12)13/h3-4H,5,14H2,1-2H3,(H,17,18). The van der Waals surface area contributed by atoms with Crippen LogP contribution in [0.15, 0.2) is 12.4 Å². The van der Waals surface area contributed by atoms with Crippen LogP contribution < -0.4 is 11.1 Å². The van der Waals surface area contributed by atoms with Gasteiger partial charge in [-0.1, -0.05) is 0 Å². The fourth-order valence-electron chi connectivity index (χ4n) is 1.02. The van der Waals surface area contributed by atoms with Crippen LogP contribution in [0.2, 0.25) is 0 Å². The van der Waals surface area contributed by atoms with Crippen molar-refractivity contribution in [2.75, 3.05) is 6.54 Å². The summed E-state index contributed by atoms with van der Waals surface area (Å²) in [4.78, 5) is 17.8. The summed E-state index contributed by atoms with van der Waals surface area (Å²) < 4.78 is 36.6. The van der Waals surface area contributed by atoms with Crippen molar-refractivity contribution in [2.45, 2.75) is 25.6 Å². The Balaban J connectivity index is 2.83. The summed E-state index contributed by atoms with van der Waals surface area (Å²) in [6.45, 7) is 3.58. The van der Waals surface area contributed by atoms with Gasteiger partial charge >= 0.3 is 6.18 Å². The van der Waals surface area contributed by atoms with Crippen LogP contribution in [-0.4, -0.2) is 28.0 Å². The van der Waals surface area contributed by atoms with Crippen molar-refractivity contribution < 1.29 is 18.0 Å². The lowest BCUT2D eigenvalue weighted by Crippen LogP contribution is -2.48. The molecule has 3 N–H and O–H groups in total. The molecule has 0 atom stereocenters. The number of carbonyl (C=O) groups excluding carboxylic acids is 1. The fourth-order valence-corrected chi connectivity index (χ4v) is 1.02. The molecule has 100 valence electrons. The van der Waals surface area contributed by atoms with Crippen molar-refractivity contribution in [2.24, 2.45) is 5.73 Å². The summed E-state index contributed by atoms with van der Waals surface area (Å²) in [5.74, 6) is -1.85. The van der Waals surface area contributed by atoms with E-state index in [0.717, 1.165) is 12.4 Å². The van der Waals surface area contributed by atoms with Gasteiger partial charge in [-0.3, -0.25) is 4.79 Å². The minimum Gasteiger partial charge on any atom is -0.346 e. The van der Waals surface area contributed by atoms with E-state index in [4.69, 9.17) is 5.73 Å². The summed E-state index contributed by atoms with van der Waals surface area (Å²) in [6.07, 6.45) is -2.96. The van der Waals surface area contributed by atoms with Gasteiger partial charge in [0.1, 0.15) is 0 Å². The van der Waals surface area contributed by atoms with E-state index in [9.17, 15) is 18.0 Å². The molecule has 0 aliphatic heterocycles. The molecule has 0 saturated carbocycles. The average molecular weight is 262 g/mol. The number of nitrogens with zero attached hydrogens (tertiary/aromatic N) is 2. The highest BCUT2D eigenvalue weighted by atomic mass is 19.4. The van der Waals surface area contributed by atoms with Crippen LogP contribution in [0.5, 0.6) is 0 Å². The van der Waals surface area contributed by atoms with Crippen molar-refractivity contribution in [1.82, 2.24) is 15.3 Å². The Labute approximate surface area is 102 Å². The molecule has 0 aromatic carbocycles. The number of rotatable bonds is 3. The maximum absolute atomic E-state index is 12.2. The smallest absolute Gasteiger partial charge is 0.346 e. The molecule has 0 radical (unpaired) electrons. The Hall–Kier alpha value is -1.70. The second-order valence-electron chi connectivity index (χ2n) is 4.34. The summed E-state index contributed by atoms with van der Waals surface area (Å²) in [5, 5.41) is 2.56. The van der Waals surface area contributed by atoms with Gasteiger partial charge in [-0.05, 0) is 13.8 Å². The van der Waals surface area contributed by atoms with Gasteiger partial charge in [0.25, 0.3) is 5.91 Å². The molecule has 5 nitrogen and oxygen atoms in total. The number of alkyl halides is 3. The Kier molecular flexibility index (Phi) is 3.90. The molecule has 0 aliphatic carbocycles. The molecular weight excluding hydrogens is 249 g/mol. The number of halogens is 3. The third-order valence-corrected chi connectivity index (χ3v) is 2.13. The number of aromatic nitrogens is 2. The minimum absolute atomic E-state index is 0.0514. The second-order valence-corrected chi connectivity index (χ2v) is 4.34. The maximum Gasteiger partial charge on any atom is 0.451 e. The third-order valence-electron chi connectivity index (χ3n) is 2.13. The first kappa shape index (κ1) is 14.4. The molecule has 1 amide bonds. The van der Waals surface area contributed by atoms with E-state index in [1.165, 1.54) is 0 Å². The topological polar surface area (TPSA) is 80.9 Å². The van der Waals surface area contributed by atoms with Crippen LogP contribution in [0, 0.1) is 0 Å². The van der Waals surface area contributed by atoms with E-state index >= 15 is 0 Å². The zero-order valence-electron chi connectivity index (χ0n) is 9.88. The molecule has 0 spiro atoms. The number of nitrogens with two attached hydrogens (primary N) is 1. The third kappa shape index (κ3) is 3.66. The van der Waals surface area contributed by atoms with Crippen LogP contribution in [0.25, 0.3) is 0 Å². The summed E-state index contributed by atoms with van der Waals surface area (Å²) in [7, 11) is 0. The molecule has 1 aromatic heterocycles. The van der Waals surface area contributed by atoms with Gasteiger partial charge in [-0.15, -0.1) is 0 Å². The summed E-state index contributed by atoms with van der Waals surface area (Å²) in [6, 6.07) is 0. The quantitative estimate of drug-likeness (QED) is 0.850. The normalized spacial score (nSPS) is 12.3. The van der Waals surface area contributed by atoms with Crippen LogP contribution >= 0.6 is 0 Å². The van der Waals surface area contributed by atoms with E-state index < -0.39 is 23.4 Å². The molecule has 1 rings (SSSR count). The molecule has 0 unspecified atom stereocenters. The lowest BCUT2D eigenvalue weighted by Gasteiger charge is -2.23. The highest BCUT2D eigenvalue weighted by molar-refractivity contribution is 5.94. The van der Waals surface area contributed by atoms with Gasteiger partial charge in [-0.2, -0.15) is 13.2 Å². The first-order chi connectivity index (χ1) is 8.15. The van der Waals surface area contributed by atoms with Crippen molar-refractivity contribution in [1.29, 1.82) is 0 Å². The predicted octanol–water partition coefficient (Wildman–Crippen LogP) is 0.963. The monoisotopic (exact) mass is 262 g/mol. The molecule has 0 bridgehead atoms. The van der Waals surface area contributed by atoms with Crippen molar-refractivity contribution in [3.8, 4) is 0 Å².